The zero-order valence-electron chi connectivity index (χ0n) is 12.2. The molecule has 0 radical (unpaired) electrons. The average molecular weight is 275 g/mol. The topological polar surface area (TPSA) is 29.9 Å². The summed E-state index contributed by atoms with van der Waals surface area (Å²) in [4.78, 5) is 4.81. The number of piperidine rings is 1. The summed E-state index contributed by atoms with van der Waals surface area (Å²) in [6, 6.07) is 4.94. The quantitative estimate of drug-likeness (QED) is 0.932. The summed E-state index contributed by atoms with van der Waals surface area (Å²) in [6.07, 6.45) is 3.30. The molecule has 4 heteroatoms. The molecule has 108 valence electrons. The molecule has 2 heterocycles. The van der Waals surface area contributed by atoms with Crippen molar-refractivity contribution in [2.75, 3.05) is 13.1 Å². The Labute approximate surface area is 119 Å². The minimum Gasteiger partial charge on any atom is -0.328 e. The van der Waals surface area contributed by atoms with E-state index in [4.69, 9.17) is 4.98 Å². The van der Waals surface area contributed by atoms with E-state index >= 15 is 0 Å². The smallest absolute Gasteiger partial charge is 0.125 e. The van der Waals surface area contributed by atoms with E-state index in [1.807, 2.05) is 6.07 Å². The molecule has 1 aliphatic heterocycles. The lowest BCUT2D eigenvalue weighted by molar-refractivity contribution is 0.275. The largest absolute Gasteiger partial charge is 0.328 e. The number of aromatic nitrogens is 2. The van der Waals surface area contributed by atoms with Crippen LogP contribution in [0, 0.1) is 5.82 Å². The fraction of sp³-hybridized carbons (Fsp3) is 0.562. The number of rotatable bonds is 3. The number of benzene rings is 1. The number of imidazole rings is 1. The van der Waals surface area contributed by atoms with Gasteiger partial charge in [-0.1, -0.05) is 6.92 Å². The highest BCUT2D eigenvalue weighted by atomic mass is 19.1. The molecule has 3 nitrogen and oxygen atoms in total. The van der Waals surface area contributed by atoms with Crippen molar-refractivity contribution in [1.29, 1.82) is 0 Å². The summed E-state index contributed by atoms with van der Waals surface area (Å²) in [7, 11) is 0. The second kappa shape index (κ2) is 5.17. The van der Waals surface area contributed by atoms with Crippen molar-refractivity contribution < 1.29 is 4.39 Å². The molecule has 0 atom stereocenters. The van der Waals surface area contributed by atoms with Gasteiger partial charge in [-0.25, -0.2) is 9.37 Å². The van der Waals surface area contributed by atoms with Crippen molar-refractivity contribution in [3.63, 3.8) is 0 Å². The van der Waals surface area contributed by atoms with Crippen molar-refractivity contribution in [2.24, 2.45) is 0 Å². The third-order valence-electron chi connectivity index (χ3n) is 4.74. The van der Waals surface area contributed by atoms with Crippen LogP contribution in [0.1, 0.15) is 38.9 Å². The molecule has 0 aliphatic carbocycles. The molecular formula is C16H22FN3. The van der Waals surface area contributed by atoms with Crippen LogP contribution in [0.3, 0.4) is 0 Å². The van der Waals surface area contributed by atoms with Gasteiger partial charge in [-0.3, -0.25) is 0 Å². The van der Waals surface area contributed by atoms with Crippen LogP contribution < -0.4 is 5.32 Å². The van der Waals surface area contributed by atoms with Gasteiger partial charge < -0.3 is 9.88 Å². The van der Waals surface area contributed by atoms with Crippen molar-refractivity contribution >= 4 is 11.0 Å². The van der Waals surface area contributed by atoms with Crippen LogP contribution >= 0.6 is 0 Å². The second-order valence-electron chi connectivity index (χ2n) is 5.70. The van der Waals surface area contributed by atoms with Gasteiger partial charge in [-0.05, 0) is 51.4 Å². The Hall–Kier alpha value is -1.42. The summed E-state index contributed by atoms with van der Waals surface area (Å²) in [5.74, 6) is 0.935. The Bertz CT molecular complexity index is 611. The molecule has 1 aromatic heterocycles. The van der Waals surface area contributed by atoms with E-state index in [0.717, 1.165) is 55.8 Å². The van der Waals surface area contributed by atoms with Crippen LogP contribution in [0.15, 0.2) is 18.2 Å². The monoisotopic (exact) mass is 275 g/mol. The Morgan fingerprint density at radius 1 is 1.30 bits per heavy atom. The summed E-state index contributed by atoms with van der Waals surface area (Å²) < 4.78 is 15.7. The van der Waals surface area contributed by atoms with Crippen LogP contribution in [0.2, 0.25) is 0 Å². The molecule has 1 N–H and O–H groups in total. The van der Waals surface area contributed by atoms with Crippen LogP contribution in [0.5, 0.6) is 0 Å². The van der Waals surface area contributed by atoms with Gasteiger partial charge in [-0.15, -0.1) is 0 Å². The number of fused-ring (bicyclic) bond motifs is 1. The number of nitrogens with zero attached hydrogens (tertiary/aromatic N) is 2. The third-order valence-corrected chi connectivity index (χ3v) is 4.74. The fourth-order valence-electron chi connectivity index (χ4n) is 3.47. The Kier molecular flexibility index (Phi) is 3.50. The predicted molar refractivity (Wildman–Crippen MR) is 79.4 cm³/mol. The molecule has 2 aromatic rings. The van der Waals surface area contributed by atoms with Crippen molar-refractivity contribution in [1.82, 2.24) is 14.9 Å². The normalized spacial score (nSPS) is 18.6. The van der Waals surface area contributed by atoms with Crippen LogP contribution in [-0.4, -0.2) is 22.6 Å². The second-order valence-corrected chi connectivity index (χ2v) is 5.70. The summed E-state index contributed by atoms with van der Waals surface area (Å²) >= 11 is 0. The molecule has 1 saturated heterocycles. The van der Waals surface area contributed by atoms with E-state index in [1.165, 1.54) is 6.07 Å². The number of nitrogens with one attached hydrogen (secondary N) is 1. The predicted octanol–water partition coefficient (Wildman–Crippen LogP) is 3.23. The highest BCUT2D eigenvalue weighted by Crippen LogP contribution is 2.37. The molecule has 20 heavy (non-hydrogen) atoms. The number of aryl methyl sites for hydroxylation is 1. The number of hydrogen-bond acceptors (Lipinski definition) is 2. The van der Waals surface area contributed by atoms with Gasteiger partial charge >= 0.3 is 0 Å². The fourth-order valence-corrected chi connectivity index (χ4v) is 3.47. The molecular weight excluding hydrogens is 253 g/mol. The zero-order valence-corrected chi connectivity index (χ0v) is 12.2. The Morgan fingerprint density at radius 3 is 2.70 bits per heavy atom. The standard InChI is InChI=1S/C16H22FN3/c1-3-16(7-9-18-10-8-16)15-19-13-11-12(17)5-6-14(13)20(15)4-2/h5-6,11,18H,3-4,7-10H2,1-2H3. The highest BCUT2D eigenvalue weighted by molar-refractivity contribution is 5.76. The van der Waals surface area contributed by atoms with Crippen molar-refractivity contribution in [3.05, 3.63) is 29.8 Å². The lowest BCUT2D eigenvalue weighted by Crippen LogP contribution is -2.41. The number of hydrogen-bond donors (Lipinski definition) is 1. The Balaban J connectivity index is 2.18. The van der Waals surface area contributed by atoms with Crippen LogP contribution in [0.25, 0.3) is 11.0 Å². The molecule has 0 spiro atoms. The van der Waals surface area contributed by atoms with E-state index in [0.29, 0.717) is 0 Å². The average Bonchev–Trinajstić information content (AvgIpc) is 2.86. The maximum atomic E-state index is 13.4. The lowest BCUT2D eigenvalue weighted by atomic mass is 9.76. The van der Waals surface area contributed by atoms with Gasteiger partial charge in [0.25, 0.3) is 0 Å². The summed E-state index contributed by atoms with van der Waals surface area (Å²) in [5, 5.41) is 3.43. The SMILES string of the molecule is CCn1c(C2(CC)CCNCC2)nc2cc(F)ccc21. The maximum Gasteiger partial charge on any atom is 0.125 e. The van der Waals surface area contributed by atoms with Gasteiger partial charge in [-0.2, -0.15) is 0 Å². The van der Waals surface area contributed by atoms with E-state index < -0.39 is 0 Å². The molecule has 0 saturated carbocycles. The first kappa shape index (κ1) is 13.6. The third kappa shape index (κ3) is 2.03. The van der Waals surface area contributed by atoms with Gasteiger partial charge in [0.05, 0.1) is 11.0 Å². The highest BCUT2D eigenvalue weighted by Gasteiger charge is 2.36. The van der Waals surface area contributed by atoms with Crippen LogP contribution in [0.4, 0.5) is 4.39 Å². The first-order valence-electron chi connectivity index (χ1n) is 7.57. The van der Waals surface area contributed by atoms with E-state index in [9.17, 15) is 4.39 Å². The van der Waals surface area contributed by atoms with Gasteiger partial charge in [0, 0.05) is 18.0 Å². The van der Waals surface area contributed by atoms with Gasteiger partial charge in [0.15, 0.2) is 0 Å². The molecule has 1 aliphatic rings. The first-order valence-corrected chi connectivity index (χ1v) is 7.57. The minimum absolute atomic E-state index is 0.136. The van der Waals surface area contributed by atoms with E-state index in [-0.39, 0.29) is 11.2 Å². The zero-order chi connectivity index (χ0) is 14.2. The van der Waals surface area contributed by atoms with E-state index in [2.05, 4.69) is 23.7 Å². The Morgan fingerprint density at radius 2 is 2.05 bits per heavy atom. The molecule has 1 aromatic carbocycles. The molecule has 0 bridgehead atoms. The molecule has 0 unspecified atom stereocenters. The molecule has 0 amide bonds. The number of halogens is 1. The maximum absolute atomic E-state index is 13.4. The van der Waals surface area contributed by atoms with Crippen molar-refractivity contribution in [3.8, 4) is 0 Å². The molecule has 1 fully saturated rings. The van der Waals surface area contributed by atoms with E-state index in [1.54, 1.807) is 6.07 Å². The summed E-state index contributed by atoms with van der Waals surface area (Å²) in [6.45, 7) is 7.33. The van der Waals surface area contributed by atoms with Crippen molar-refractivity contribution in [2.45, 2.75) is 45.1 Å². The summed E-state index contributed by atoms with van der Waals surface area (Å²) in [5.41, 5.74) is 1.97. The minimum atomic E-state index is -0.208. The van der Waals surface area contributed by atoms with Crippen LogP contribution in [-0.2, 0) is 12.0 Å². The molecule has 3 rings (SSSR count). The lowest BCUT2D eigenvalue weighted by Gasteiger charge is -2.36. The van der Waals surface area contributed by atoms with Gasteiger partial charge in [0.2, 0.25) is 0 Å². The first-order chi connectivity index (χ1) is 9.70. The van der Waals surface area contributed by atoms with Gasteiger partial charge in [0.1, 0.15) is 11.6 Å².